The normalized spacial score (nSPS) is 11.0. The molecule has 0 fully saturated rings. The molecule has 0 atom stereocenters. The predicted molar refractivity (Wildman–Crippen MR) is 72.0 cm³/mol. The van der Waals surface area contributed by atoms with E-state index in [2.05, 4.69) is 9.97 Å². The van der Waals surface area contributed by atoms with Gasteiger partial charge in [0.2, 0.25) is 5.95 Å². The summed E-state index contributed by atoms with van der Waals surface area (Å²) in [6.45, 7) is 0.706. The van der Waals surface area contributed by atoms with Crippen molar-refractivity contribution in [2.45, 2.75) is 13.0 Å². The summed E-state index contributed by atoms with van der Waals surface area (Å²) in [5.74, 6) is 0.257. The molecular weight excluding hydrogens is 243 g/mol. The van der Waals surface area contributed by atoms with Crippen molar-refractivity contribution in [3.63, 3.8) is 0 Å². The summed E-state index contributed by atoms with van der Waals surface area (Å²) >= 11 is 0. The van der Waals surface area contributed by atoms with Gasteiger partial charge in [-0.25, -0.2) is 9.37 Å². The van der Waals surface area contributed by atoms with E-state index in [0.29, 0.717) is 12.5 Å². The maximum atomic E-state index is 12.8. The van der Waals surface area contributed by atoms with Crippen LogP contribution in [-0.2, 0) is 13.0 Å². The van der Waals surface area contributed by atoms with Crippen molar-refractivity contribution in [2.24, 2.45) is 0 Å². The van der Waals surface area contributed by atoms with Crippen LogP contribution in [0.2, 0.25) is 0 Å². The fourth-order valence-corrected chi connectivity index (χ4v) is 2.13. The minimum atomic E-state index is -0.220. The molecule has 0 amide bonds. The summed E-state index contributed by atoms with van der Waals surface area (Å²) < 4.78 is 14.8. The van der Waals surface area contributed by atoms with Crippen LogP contribution in [0.3, 0.4) is 0 Å². The van der Waals surface area contributed by atoms with Crippen LogP contribution in [0.5, 0.6) is 0 Å². The lowest BCUT2D eigenvalue weighted by atomic mass is 10.1. The molecule has 0 aliphatic rings. The van der Waals surface area contributed by atoms with E-state index in [1.54, 1.807) is 24.5 Å². The number of nitrogen functional groups attached to an aromatic ring is 1. The number of hydrogen-bond acceptors (Lipinski definition) is 3. The molecule has 2 aromatic heterocycles. The monoisotopic (exact) mass is 256 g/mol. The average Bonchev–Trinajstić information content (AvgIpc) is 2.74. The third kappa shape index (κ3) is 2.27. The van der Waals surface area contributed by atoms with Gasteiger partial charge in [0.1, 0.15) is 11.3 Å². The van der Waals surface area contributed by atoms with Gasteiger partial charge in [0, 0.05) is 12.7 Å². The number of halogens is 1. The lowest BCUT2D eigenvalue weighted by molar-refractivity contribution is 0.626. The van der Waals surface area contributed by atoms with E-state index in [4.69, 9.17) is 5.73 Å². The predicted octanol–water partition coefficient (Wildman–Crippen LogP) is 2.40. The Bertz CT molecular complexity index is 703. The van der Waals surface area contributed by atoms with Gasteiger partial charge >= 0.3 is 0 Å². The second-order valence-corrected chi connectivity index (χ2v) is 4.36. The molecule has 0 saturated heterocycles. The number of anilines is 1. The zero-order valence-electron chi connectivity index (χ0n) is 10.3. The Morgan fingerprint density at radius 1 is 1.16 bits per heavy atom. The minimum absolute atomic E-state index is 0.220. The molecule has 0 spiro atoms. The van der Waals surface area contributed by atoms with E-state index in [1.165, 1.54) is 12.1 Å². The highest BCUT2D eigenvalue weighted by atomic mass is 19.1. The molecule has 96 valence electrons. The smallest absolute Gasteiger partial charge is 0.201 e. The molecule has 0 radical (unpaired) electrons. The van der Waals surface area contributed by atoms with Crippen LogP contribution in [0, 0.1) is 5.82 Å². The van der Waals surface area contributed by atoms with E-state index < -0.39 is 0 Å². The maximum Gasteiger partial charge on any atom is 0.201 e. The van der Waals surface area contributed by atoms with Crippen LogP contribution in [-0.4, -0.2) is 14.5 Å². The molecule has 19 heavy (non-hydrogen) atoms. The standard InChI is InChI=1S/C14H13FN4/c15-11-3-1-10(2-4-11)6-8-19-13-5-7-17-9-12(13)18-14(19)16/h1-5,7,9H,6,8H2,(H2,16,18). The van der Waals surface area contributed by atoms with Gasteiger partial charge in [0.05, 0.1) is 11.7 Å². The number of nitrogens with zero attached hydrogens (tertiary/aromatic N) is 3. The van der Waals surface area contributed by atoms with E-state index in [9.17, 15) is 4.39 Å². The summed E-state index contributed by atoms with van der Waals surface area (Å²) in [4.78, 5) is 8.28. The van der Waals surface area contributed by atoms with Crippen molar-refractivity contribution in [3.05, 3.63) is 54.1 Å². The summed E-state index contributed by atoms with van der Waals surface area (Å²) in [5, 5.41) is 0. The van der Waals surface area contributed by atoms with Gasteiger partial charge in [-0.3, -0.25) is 4.98 Å². The largest absolute Gasteiger partial charge is 0.369 e. The van der Waals surface area contributed by atoms with Gasteiger partial charge < -0.3 is 10.3 Å². The third-order valence-corrected chi connectivity index (χ3v) is 3.12. The fraction of sp³-hybridized carbons (Fsp3) is 0.143. The van der Waals surface area contributed by atoms with Crippen molar-refractivity contribution in [1.82, 2.24) is 14.5 Å². The quantitative estimate of drug-likeness (QED) is 0.782. The van der Waals surface area contributed by atoms with Crippen LogP contribution in [0.4, 0.5) is 10.3 Å². The highest BCUT2D eigenvalue weighted by Gasteiger charge is 2.07. The number of aromatic nitrogens is 3. The van der Waals surface area contributed by atoms with Gasteiger partial charge in [-0.2, -0.15) is 0 Å². The van der Waals surface area contributed by atoms with E-state index in [-0.39, 0.29) is 5.82 Å². The molecule has 0 bridgehead atoms. The number of pyridine rings is 1. The highest BCUT2D eigenvalue weighted by molar-refractivity contribution is 5.77. The van der Waals surface area contributed by atoms with Gasteiger partial charge in [-0.05, 0) is 30.2 Å². The first kappa shape index (κ1) is 11.6. The Morgan fingerprint density at radius 3 is 2.74 bits per heavy atom. The minimum Gasteiger partial charge on any atom is -0.369 e. The van der Waals surface area contributed by atoms with Crippen molar-refractivity contribution < 1.29 is 4.39 Å². The number of rotatable bonds is 3. The first-order valence-electron chi connectivity index (χ1n) is 6.04. The Kier molecular flexibility index (Phi) is 2.87. The van der Waals surface area contributed by atoms with Gasteiger partial charge in [0.15, 0.2) is 0 Å². The summed E-state index contributed by atoms with van der Waals surface area (Å²) in [6.07, 6.45) is 4.19. The van der Waals surface area contributed by atoms with Crippen molar-refractivity contribution in [1.29, 1.82) is 0 Å². The number of hydrogen-bond donors (Lipinski definition) is 1. The average molecular weight is 256 g/mol. The van der Waals surface area contributed by atoms with Crippen molar-refractivity contribution in [3.8, 4) is 0 Å². The Morgan fingerprint density at radius 2 is 1.95 bits per heavy atom. The molecule has 2 N–H and O–H groups in total. The number of benzene rings is 1. The molecule has 5 heteroatoms. The first-order chi connectivity index (χ1) is 9.24. The number of imidazole rings is 1. The summed E-state index contributed by atoms with van der Waals surface area (Å²) in [5.41, 5.74) is 8.73. The van der Waals surface area contributed by atoms with Gasteiger partial charge in [-0.15, -0.1) is 0 Å². The second kappa shape index (κ2) is 4.68. The molecule has 3 rings (SSSR count). The molecule has 0 aliphatic carbocycles. The topological polar surface area (TPSA) is 56.7 Å². The van der Waals surface area contributed by atoms with Gasteiger partial charge in [0.25, 0.3) is 0 Å². The zero-order chi connectivity index (χ0) is 13.2. The summed E-state index contributed by atoms with van der Waals surface area (Å²) in [6, 6.07) is 8.39. The van der Waals surface area contributed by atoms with Crippen LogP contribution in [0.15, 0.2) is 42.7 Å². The number of nitrogens with two attached hydrogens (primary N) is 1. The van der Waals surface area contributed by atoms with E-state index >= 15 is 0 Å². The SMILES string of the molecule is Nc1nc2cnccc2n1CCc1ccc(F)cc1. The molecule has 3 aromatic rings. The van der Waals surface area contributed by atoms with Crippen LogP contribution >= 0.6 is 0 Å². The number of fused-ring (bicyclic) bond motifs is 1. The lowest BCUT2D eigenvalue weighted by Gasteiger charge is -2.06. The second-order valence-electron chi connectivity index (χ2n) is 4.36. The fourth-order valence-electron chi connectivity index (χ4n) is 2.13. The van der Waals surface area contributed by atoms with Crippen LogP contribution in [0.25, 0.3) is 11.0 Å². The molecule has 0 unspecified atom stereocenters. The van der Waals surface area contributed by atoms with E-state index in [1.807, 2.05) is 10.6 Å². The Balaban J connectivity index is 1.85. The zero-order valence-corrected chi connectivity index (χ0v) is 10.3. The summed E-state index contributed by atoms with van der Waals surface area (Å²) in [7, 11) is 0. The highest BCUT2D eigenvalue weighted by Crippen LogP contribution is 2.17. The van der Waals surface area contributed by atoms with Crippen LogP contribution in [0.1, 0.15) is 5.56 Å². The van der Waals surface area contributed by atoms with E-state index in [0.717, 1.165) is 23.0 Å². The molecule has 1 aromatic carbocycles. The lowest BCUT2D eigenvalue weighted by Crippen LogP contribution is -2.05. The third-order valence-electron chi connectivity index (χ3n) is 3.12. The first-order valence-corrected chi connectivity index (χ1v) is 6.04. The van der Waals surface area contributed by atoms with Crippen molar-refractivity contribution in [2.75, 3.05) is 5.73 Å². The van der Waals surface area contributed by atoms with Crippen LogP contribution < -0.4 is 5.73 Å². The Hall–Kier alpha value is -2.43. The van der Waals surface area contributed by atoms with Crippen molar-refractivity contribution >= 4 is 17.0 Å². The molecule has 2 heterocycles. The van der Waals surface area contributed by atoms with Gasteiger partial charge in [-0.1, -0.05) is 12.1 Å². The number of aryl methyl sites for hydroxylation is 2. The maximum absolute atomic E-state index is 12.8. The molecule has 4 nitrogen and oxygen atoms in total. The Labute approximate surface area is 109 Å². The molecule has 0 saturated carbocycles. The molecule has 0 aliphatic heterocycles. The molecular formula is C14H13FN4.